The van der Waals surface area contributed by atoms with E-state index >= 15 is 0 Å². The SMILES string of the molecule is CN[C@H](c1ccccc1)[C@@H](NC(=O)OC(C)(C)C)C(C)C. The molecule has 0 aliphatic rings. The van der Waals surface area contributed by atoms with Crippen molar-refractivity contribution >= 4 is 6.09 Å². The average Bonchev–Trinajstić information content (AvgIpc) is 2.37. The lowest BCUT2D eigenvalue weighted by atomic mass is 9.91. The fourth-order valence-corrected chi connectivity index (χ4v) is 2.29. The number of amides is 1. The molecule has 2 atom stereocenters. The summed E-state index contributed by atoms with van der Waals surface area (Å²) in [7, 11) is 1.91. The normalized spacial score (nSPS) is 14.6. The molecule has 1 rings (SSSR count). The van der Waals surface area contributed by atoms with Crippen molar-refractivity contribution in [3.63, 3.8) is 0 Å². The lowest BCUT2D eigenvalue weighted by molar-refractivity contribution is 0.0475. The van der Waals surface area contributed by atoms with Gasteiger partial charge >= 0.3 is 6.09 Å². The van der Waals surface area contributed by atoms with Crippen molar-refractivity contribution in [3.05, 3.63) is 35.9 Å². The van der Waals surface area contributed by atoms with Crippen LogP contribution in [0.25, 0.3) is 0 Å². The zero-order chi connectivity index (χ0) is 16.0. The number of hydrogen-bond acceptors (Lipinski definition) is 3. The molecular weight excluding hydrogens is 264 g/mol. The summed E-state index contributed by atoms with van der Waals surface area (Å²) in [5, 5.41) is 6.30. The zero-order valence-electron chi connectivity index (χ0n) is 13.9. The number of rotatable bonds is 5. The van der Waals surface area contributed by atoms with Gasteiger partial charge in [-0.2, -0.15) is 0 Å². The van der Waals surface area contributed by atoms with Gasteiger partial charge in [-0.15, -0.1) is 0 Å². The zero-order valence-corrected chi connectivity index (χ0v) is 13.9. The molecule has 0 spiro atoms. The molecule has 1 aromatic rings. The quantitative estimate of drug-likeness (QED) is 0.873. The lowest BCUT2D eigenvalue weighted by Gasteiger charge is -2.32. The van der Waals surface area contributed by atoms with Crippen LogP contribution < -0.4 is 10.6 Å². The van der Waals surface area contributed by atoms with Gasteiger partial charge in [-0.05, 0) is 39.3 Å². The van der Waals surface area contributed by atoms with E-state index in [2.05, 4.69) is 36.6 Å². The monoisotopic (exact) mass is 292 g/mol. The second kappa shape index (κ2) is 7.46. The molecule has 4 heteroatoms. The minimum absolute atomic E-state index is 0.0405. The van der Waals surface area contributed by atoms with Gasteiger partial charge < -0.3 is 15.4 Å². The van der Waals surface area contributed by atoms with Gasteiger partial charge in [0.2, 0.25) is 0 Å². The molecule has 0 bridgehead atoms. The average molecular weight is 292 g/mol. The number of nitrogens with one attached hydrogen (secondary N) is 2. The first-order valence-electron chi connectivity index (χ1n) is 7.46. The second-order valence-electron chi connectivity index (χ2n) is 6.59. The Bertz CT molecular complexity index is 438. The van der Waals surface area contributed by atoms with Gasteiger partial charge in [0.05, 0.1) is 12.1 Å². The summed E-state index contributed by atoms with van der Waals surface area (Å²) in [4.78, 5) is 12.1. The number of likely N-dealkylation sites (N-methyl/N-ethyl adjacent to an activating group) is 1. The summed E-state index contributed by atoms with van der Waals surface area (Å²) in [6, 6.07) is 10.1. The standard InChI is InChI=1S/C17H28N2O2/c1-12(2)14(19-16(20)21-17(3,4)5)15(18-6)13-10-8-7-9-11-13/h7-12,14-15,18H,1-6H3,(H,19,20)/t14-,15+/m0/s1. The van der Waals surface area contributed by atoms with Crippen molar-refractivity contribution in [1.29, 1.82) is 0 Å². The Morgan fingerprint density at radius 3 is 2.14 bits per heavy atom. The highest BCUT2D eigenvalue weighted by molar-refractivity contribution is 5.68. The fraction of sp³-hybridized carbons (Fsp3) is 0.588. The Hall–Kier alpha value is -1.55. The smallest absolute Gasteiger partial charge is 0.407 e. The van der Waals surface area contributed by atoms with E-state index in [9.17, 15) is 4.79 Å². The van der Waals surface area contributed by atoms with Crippen molar-refractivity contribution in [2.45, 2.75) is 52.3 Å². The van der Waals surface area contributed by atoms with Gasteiger partial charge in [-0.25, -0.2) is 4.79 Å². The topological polar surface area (TPSA) is 50.4 Å². The molecule has 2 N–H and O–H groups in total. The van der Waals surface area contributed by atoms with Crippen LogP contribution in [0.3, 0.4) is 0 Å². The van der Waals surface area contributed by atoms with Crippen LogP contribution in [0.5, 0.6) is 0 Å². The molecule has 1 aromatic carbocycles. The molecule has 0 unspecified atom stereocenters. The van der Waals surface area contributed by atoms with Gasteiger partial charge in [0.1, 0.15) is 5.60 Å². The van der Waals surface area contributed by atoms with Gasteiger partial charge in [0.15, 0.2) is 0 Å². The van der Waals surface area contributed by atoms with E-state index in [1.165, 1.54) is 0 Å². The molecule has 0 aliphatic carbocycles. The molecule has 0 fully saturated rings. The number of benzene rings is 1. The Balaban J connectivity index is 2.87. The molecule has 21 heavy (non-hydrogen) atoms. The van der Waals surface area contributed by atoms with E-state index in [1.807, 2.05) is 46.0 Å². The summed E-state index contributed by atoms with van der Waals surface area (Å²) in [5.74, 6) is 0.273. The summed E-state index contributed by atoms with van der Waals surface area (Å²) in [6.45, 7) is 9.78. The second-order valence-corrected chi connectivity index (χ2v) is 6.59. The van der Waals surface area contributed by atoms with Crippen LogP contribution in [0, 0.1) is 5.92 Å². The van der Waals surface area contributed by atoms with Crippen molar-refractivity contribution in [2.24, 2.45) is 5.92 Å². The van der Waals surface area contributed by atoms with Gasteiger partial charge in [-0.3, -0.25) is 0 Å². The molecule has 0 heterocycles. The number of alkyl carbamates (subject to hydrolysis) is 1. The first-order chi connectivity index (χ1) is 9.74. The van der Waals surface area contributed by atoms with Crippen LogP contribution in [0.2, 0.25) is 0 Å². The van der Waals surface area contributed by atoms with Crippen LogP contribution in [-0.2, 0) is 4.74 Å². The molecule has 0 saturated carbocycles. The third-order valence-electron chi connectivity index (χ3n) is 3.23. The molecule has 118 valence electrons. The predicted molar refractivity (Wildman–Crippen MR) is 86.2 cm³/mol. The predicted octanol–water partition coefficient (Wildman–Crippen LogP) is 3.50. The van der Waals surface area contributed by atoms with Crippen LogP contribution >= 0.6 is 0 Å². The third kappa shape index (κ3) is 5.76. The molecule has 0 saturated heterocycles. The summed E-state index contributed by atoms with van der Waals surface area (Å²) in [5.41, 5.74) is 0.655. The highest BCUT2D eigenvalue weighted by Gasteiger charge is 2.28. The molecule has 0 aromatic heterocycles. The maximum absolute atomic E-state index is 12.1. The van der Waals surface area contributed by atoms with Crippen LogP contribution in [0.1, 0.15) is 46.2 Å². The van der Waals surface area contributed by atoms with Gasteiger partial charge in [0.25, 0.3) is 0 Å². The Morgan fingerprint density at radius 1 is 1.14 bits per heavy atom. The van der Waals surface area contributed by atoms with Crippen molar-refractivity contribution < 1.29 is 9.53 Å². The summed E-state index contributed by atoms with van der Waals surface area (Å²) in [6.07, 6.45) is -0.377. The molecule has 0 aliphatic heterocycles. The molecular formula is C17H28N2O2. The maximum atomic E-state index is 12.1. The van der Waals surface area contributed by atoms with E-state index in [0.29, 0.717) is 0 Å². The number of hydrogen-bond donors (Lipinski definition) is 2. The first kappa shape index (κ1) is 17.5. The number of carbonyl (C=O) groups is 1. The van der Waals surface area contributed by atoms with Crippen LogP contribution in [-0.4, -0.2) is 24.8 Å². The fourth-order valence-electron chi connectivity index (χ4n) is 2.29. The molecule has 0 radical (unpaired) electrons. The highest BCUT2D eigenvalue weighted by atomic mass is 16.6. The third-order valence-corrected chi connectivity index (χ3v) is 3.23. The van der Waals surface area contributed by atoms with Gasteiger partial charge in [0, 0.05) is 0 Å². The van der Waals surface area contributed by atoms with Gasteiger partial charge in [-0.1, -0.05) is 44.2 Å². The van der Waals surface area contributed by atoms with Crippen molar-refractivity contribution in [3.8, 4) is 0 Å². The van der Waals surface area contributed by atoms with Crippen molar-refractivity contribution in [1.82, 2.24) is 10.6 Å². The summed E-state index contributed by atoms with van der Waals surface area (Å²) < 4.78 is 5.37. The molecule has 1 amide bonds. The largest absolute Gasteiger partial charge is 0.444 e. The van der Waals surface area contributed by atoms with Crippen LogP contribution in [0.15, 0.2) is 30.3 Å². The van der Waals surface area contributed by atoms with E-state index in [-0.39, 0.29) is 24.1 Å². The highest BCUT2D eigenvalue weighted by Crippen LogP contribution is 2.22. The number of carbonyl (C=O) groups excluding carboxylic acids is 1. The van der Waals surface area contributed by atoms with Crippen LogP contribution in [0.4, 0.5) is 4.79 Å². The summed E-state index contributed by atoms with van der Waals surface area (Å²) >= 11 is 0. The number of ether oxygens (including phenoxy) is 1. The van der Waals surface area contributed by atoms with E-state index < -0.39 is 5.60 Å². The Labute approximate surface area is 128 Å². The van der Waals surface area contributed by atoms with E-state index in [0.717, 1.165) is 5.56 Å². The van der Waals surface area contributed by atoms with E-state index in [1.54, 1.807) is 0 Å². The molecule has 4 nitrogen and oxygen atoms in total. The maximum Gasteiger partial charge on any atom is 0.407 e. The lowest BCUT2D eigenvalue weighted by Crippen LogP contribution is -2.48. The minimum Gasteiger partial charge on any atom is -0.444 e. The minimum atomic E-state index is -0.493. The Morgan fingerprint density at radius 2 is 1.71 bits per heavy atom. The van der Waals surface area contributed by atoms with E-state index in [4.69, 9.17) is 4.74 Å². The first-order valence-corrected chi connectivity index (χ1v) is 7.46. The van der Waals surface area contributed by atoms with Crippen molar-refractivity contribution in [2.75, 3.05) is 7.05 Å². The Kier molecular flexibility index (Phi) is 6.21.